The van der Waals surface area contributed by atoms with Gasteiger partial charge >= 0.3 is 0 Å². The van der Waals surface area contributed by atoms with Crippen molar-refractivity contribution in [3.8, 4) is 73.2 Å². The minimum atomic E-state index is 0.614. The summed E-state index contributed by atoms with van der Waals surface area (Å²) in [5.41, 5.74) is 13.0. The van der Waals surface area contributed by atoms with E-state index in [9.17, 15) is 0 Å². The van der Waals surface area contributed by atoms with Gasteiger partial charge in [-0.25, -0.2) is 15.0 Å². The zero-order chi connectivity index (χ0) is 41.0. The number of hydrogen-bond donors (Lipinski definition) is 0. The number of thiophene rings is 1. The largest absolute Gasteiger partial charge is 0.309 e. The van der Waals surface area contributed by atoms with E-state index in [1.165, 1.54) is 42.1 Å². The summed E-state index contributed by atoms with van der Waals surface area (Å²) in [5.74, 6) is 1.87. The van der Waals surface area contributed by atoms with Crippen molar-refractivity contribution in [3.63, 3.8) is 0 Å². The Morgan fingerprint density at radius 2 is 0.871 bits per heavy atom. The molecular formula is C57H36N4S. The Morgan fingerprint density at radius 3 is 1.61 bits per heavy atom. The van der Waals surface area contributed by atoms with Crippen molar-refractivity contribution < 1.29 is 0 Å². The summed E-state index contributed by atoms with van der Waals surface area (Å²) in [7, 11) is 0. The fourth-order valence-corrected chi connectivity index (χ4v) is 10.2. The lowest BCUT2D eigenvalue weighted by Gasteiger charge is -2.18. The lowest BCUT2D eigenvalue weighted by molar-refractivity contribution is 1.07. The fourth-order valence-electron chi connectivity index (χ4n) is 9.00. The minimum Gasteiger partial charge on any atom is -0.309 e. The third-order valence-corrected chi connectivity index (χ3v) is 13.1. The maximum Gasteiger partial charge on any atom is 0.164 e. The summed E-state index contributed by atoms with van der Waals surface area (Å²) < 4.78 is 5.04. The molecular weight excluding hydrogens is 773 g/mol. The molecule has 0 bridgehead atoms. The predicted molar refractivity (Wildman–Crippen MR) is 260 cm³/mol. The minimum absolute atomic E-state index is 0.614. The van der Waals surface area contributed by atoms with Crippen LogP contribution in [0.5, 0.6) is 0 Å². The van der Waals surface area contributed by atoms with Crippen molar-refractivity contribution in [2.24, 2.45) is 0 Å². The van der Waals surface area contributed by atoms with E-state index in [4.69, 9.17) is 15.0 Å². The normalized spacial score (nSPS) is 11.5. The van der Waals surface area contributed by atoms with Crippen LogP contribution in [0.4, 0.5) is 0 Å². The smallest absolute Gasteiger partial charge is 0.164 e. The number of benzene rings is 9. The highest BCUT2D eigenvalue weighted by Crippen LogP contribution is 2.44. The van der Waals surface area contributed by atoms with Gasteiger partial charge in [-0.2, -0.15) is 0 Å². The van der Waals surface area contributed by atoms with Crippen molar-refractivity contribution in [1.82, 2.24) is 19.5 Å². The van der Waals surface area contributed by atoms with Crippen molar-refractivity contribution in [1.29, 1.82) is 0 Å². The molecule has 0 atom stereocenters. The number of aromatic nitrogens is 4. The summed E-state index contributed by atoms with van der Waals surface area (Å²) in [6, 6.07) is 77.6. The molecule has 0 aliphatic carbocycles. The highest BCUT2D eigenvalue weighted by molar-refractivity contribution is 7.26. The summed E-state index contributed by atoms with van der Waals surface area (Å²) in [6.45, 7) is 0. The molecule has 0 radical (unpaired) electrons. The zero-order valence-corrected chi connectivity index (χ0v) is 34.3. The third kappa shape index (κ3) is 6.09. The summed E-state index contributed by atoms with van der Waals surface area (Å²) >= 11 is 1.87. The topological polar surface area (TPSA) is 43.6 Å². The van der Waals surface area contributed by atoms with E-state index in [0.717, 1.165) is 55.7 Å². The molecule has 12 aromatic rings. The number of nitrogens with zero attached hydrogens (tertiary/aromatic N) is 4. The Hall–Kier alpha value is -7.99. The Balaban J connectivity index is 1.12. The molecule has 0 spiro atoms. The van der Waals surface area contributed by atoms with E-state index in [0.29, 0.717) is 17.5 Å². The predicted octanol–water partition coefficient (Wildman–Crippen LogP) is 15.3. The number of fused-ring (bicyclic) bond motifs is 6. The van der Waals surface area contributed by atoms with Crippen LogP contribution in [0, 0.1) is 0 Å². The zero-order valence-electron chi connectivity index (χ0n) is 33.5. The lowest BCUT2D eigenvalue weighted by atomic mass is 9.91. The van der Waals surface area contributed by atoms with Crippen molar-refractivity contribution in [2.45, 2.75) is 0 Å². The van der Waals surface area contributed by atoms with Gasteiger partial charge < -0.3 is 4.57 Å². The molecule has 0 aliphatic heterocycles. The SMILES string of the molecule is c1ccc(-c2nc(-c3ccccc3)nc(-c3ccc(-n4c5ccccc5c5ccc(-c6cccc7c6sc6ccccc67)cc54)cc3-c3ccccc3-c3ccccc3)n2)cc1. The monoisotopic (exact) mass is 808 g/mol. The number of hydrogen-bond acceptors (Lipinski definition) is 4. The molecule has 3 aromatic heterocycles. The van der Waals surface area contributed by atoms with Crippen molar-refractivity contribution in [2.75, 3.05) is 0 Å². The first kappa shape index (κ1) is 35.9. The van der Waals surface area contributed by atoms with Crippen LogP contribution in [-0.4, -0.2) is 19.5 Å². The van der Waals surface area contributed by atoms with E-state index in [1.807, 2.05) is 47.7 Å². The second kappa shape index (κ2) is 14.9. The van der Waals surface area contributed by atoms with Crippen LogP contribution in [0.3, 0.4) is 0 Å². The van der Waals surface area contributed by atoms with Gasteiger partial charge in [0.2, 0.25) is 0 Å². The number of rotatable bonds is 7. The Morgan fingerprint density at radius 1 is 0.306 bits per heavy atom. The number of para-hydroxylation sites is 1. The third-order valence-electron chi connectivity index (χ3n) is 11.9. The maximum absolute atomic E-state index is 5.24. The van der Waals surface area contributed by atoms with Gasteiger partial charge in [-0.05, 0) is 69.8 Å². The Labute approximate surface area is 362 Å². The van der Waals surface area contributed by atoms with E-state index < -0.39 is 0 Å². The molecule has 0 saturated carbocycles. The average Bonchev–Trinajstić information content (AvgIpc) is 3.90. The highest BCUT2D eigenvalue weighted by Gasteiger charge is 2.21. The van der Waals surface area contributed by atoms with Crippen LogP contribution in [0.1, 0.15) is 0 Å². The summed E-state index contributed by atoms with van der Waals surface area (Å²) in [4.78, 5) is 15.5. The molecule has 0 saturated heterocycles. The molecule has 12 rings (SSSR count). The van der Waals surface area contributed by atoms with Gasteiger partial charge in [0.15, 0.2) is 17.5 Å². The van der Waals surface area contributed by atoms with E-state index in [1.54, 1.807) is 0 Å². The van der Waals surface area contributed by atoms with Gasteiger partial charge in [0.1, 0.15) is 0 Å². The molecule has 0 unspecified atom stereocenters. The highest BCUT2D eigenvalue weighted by atomic mass is 32.1. The molecule has 0 aliphatic rings. The molecule has 4 nitrogen and oxygen atoms in total. The molecule has 3 heterocycles. The van der Waals surface area contributed by atoms with Gasteiger partial charge in [0, 0.05) is 53.3 Å². The van der Waals surface area contributed by atoms with Gasteiger partial charge in [-0.15, -0.1) is 11.3 Å². The van der Waals surface area contributed by atoms with Gasteiger partial charge in [0.25, 0.3) is 0 Å². The standard InChI is InChI=1S/C57H36N4S/c1-4-17-37(18-5-1)42-23-10-11-24-44(42)50-36-41(32-34-49(50)57-59-55(38-19-6-2-7-20-38)58-56(60-57)39-21-8-3-9-22-39)61-51-29-14-12-25-45(51)46-33-31-40(35-52(46)61)43-27-16-28-48-47-26-13-15-30-53(47)62-54(43)48/h1-36H. The Kier molecular flexibility index (Phi) is 8.65. The fraction of sp³-hybridized carbons (Fsp3) is 0. The van der Waals surface area contributed by atoms with Crippen LogP contribution in [0.15, 0.2) is 218 Å². The van der Waals surface area contributed by atoms with Gasteiger partial charge in [0.05, 0.1) is 11.0 Å². The lowest BCUT2D eigenvalue weighted by Crippen LogP contribution is -2.02. The molecule has 290 valence electrons. The molecule has 62 heavy (non-hydrogen) atoms. The van der Waals surface area contributed by atoms with E-state index in [2.05, 4.69) is 187 Å². The van der Waals surface area contributed by atoms with Crippen LogP contribution in [-0.2, 0) is 0 Å². The van der Waals surface area contributed by atoms with Crippen LogP contribution in [0.25, 0.3) is 115 Å². The van der Waals surface area contributed by atoms with Crippen molar-refractivity contribution in [3.05, 3.63) is 218 Å². The molecule has 0 amide bonds. The van der Waals surface area contributed by atoms with Crippen LogP contribution in [0.2, 0.25) is 0 Å². The molecule has 5 heteroatoms. The summed E-state index contributed by atoms with van der Waals surface area (Å²) in [5, 5.41) is 5.02. The Bertz CT molecular complexity index is 3570. The maximum atomic E-state index is 5.24. The second-order valence-electron chi connectivity index (χ2n) is 15.5. The molecule has 0 N–H and O–H groups in total. The summed E-state index contributed by atoms with van der Waals surface area (Å²) in [6.07, 6.45) is 0. The van der Waals surface area contributed by atoms with Crippen LogP contribution >= 0.6 is 11.3 Å². The second-order valence-corrected chi connectivity index (χ2v) is 16.6. The quantitative estimate of drug-likeness (QED) is 0.161. The first-order chi connectivity index (χ1) is 30.7. The molecule has 9 aromatic carbocycles. The van der Waals surface area contributed by atoms with E-state index in [-0.39, 0.29) is 0 Å². The van der Waals surface area contributed by atoms with Crippen molar-refractivity contribution >= 4 is 53.3 Å². The first-order valence-electron chi connectivity index (χ1n) is 20.9. The van der Waals surface area contributed by atoms with E-state index >= 15 is 0 Å². The van der Waals surface area contributed by atoms with Gasteiger partial charge in [-0.3, -0.25) is 0 Å². The van der Waals surface area contributed by atoms with Crippen LogP contribution < -0.4 is 0 Å². The van der Waals surface area contributed by atoms with Gasteiger partial charge in [-0.1, -0.05) is 182 Å². The average molecular weight is 809 g/mol. The first-order valence-corrected chi connectivity index (χ1v) is 21.7. The molecule has 0 fully saturated rings.